The number of aryl methyl sites for hydroxylation is 1. The van der Waals surface area contributed by atoms with Gasteiger partial charge in [-0.3, -0.25) is 0 Å². The van der Waals surface area contributed by atoms with Crippen LogP contribution >= 0.6 is 11.3 Å². The lowest BCUT2D eigenvalue weighted by atomic mass is 10.1. The highest BCUT2D eigenvalue weighted by atomic mass is 32.1. The minimum atomic E-state index is -0.459. The van der Waals surface area contributed by atoms with E-state index in [2.05, 4.69) is 10.3 Å². The number of aromatic nitrogens is 1. The van der Waals surface area contributed by atoms with Gasteiger partial charge >= 0.3 is 6.09 Å². The summed E-state index contributed by atoms with van der Waals surface area (Å²) in [7, 11) is 0. The van der Waals surface area contributed by atoms with Gasteiger partial charge in [0.25, 0.3) is 5.19 Å². The lowest BCUT2D eigenvalue weighted by Crippen LogP contribution is -2.42. The van der Waals surface area contributed by atoms with Gasteiger partial charge in [0.1, 0.15) is 0 Å². The molecular weight excluding hydrogens is 212 g/mol. The van der Waals surface area contributed by atoms with Gasteiger partial charge in [-0.1, -0.05) is 18.3 Å². The van der Waals surface area contributed by atoms with Crippen molar-refractivity contribution >= 4 is 17.4 Å². The van der Waals surface area contributed by atoms with E-state index in [4.69, 9.17) is 4.74 Å². The molecule has 1 aromatic rings. The Labute approximate surface area is 93.7 Å². The summed E-state index contributed by atoms with van der Waals surface area (Å²) in [5.74, 6) is 0. The lowest BCUT2D eigenvalue weighted by Gasteiger charge is -2.18. The summed E-state index contributed by atoms with van der Waals surface area (Å²) in [6.07, 6.45) is 0.389. The van der Waals surface area contributed by atoms with E-state index in [0.29, 0.717) is 5.19 Å². The molecule has 0 bridgehead atoms. The summed E-state index contributed by atoms with van der Waals surface area (Å²) in [6, 6.07) is 0. The highest BCUT2D eigenvalue weighted by molar-refractivity contribution is 7.11. The SMILES string of the molecule is CCc1csc(OC(=O)NC(C)(C)C)n1. The number of amides is 1. The molecule has 0 aliphatic rings. The quantitative estimate of drug-likeness (QED) is 0.846. The Morgan fingerprint density at radius 1 is 1.60 bits per heavy atom. The predicted octanol–water partition coefficient (Wildman–Crippen LogP) is 2.59. The van der Waals surface area contributed by atoms with Gasteiger partial charge in [0.2, 0.25) is 0 Å². The summed E-state index contributed by atoms with van der Waals surface area (Å²) < 4.78 is 5.03. The fourth-order valence-corrected chi connectivity index (χ4v) is 1.66. The zero-order valence-electron chi connectivity index (χ0n) is 9.46. The molecule has 0 atom stereocenters. The van der Waals surface area contributed by atoms with Gasteiger partial charge in [0.15, 0.2) is 0 Å². The number of thiazole rings is 1. The molecule has 0 saturated carbocycles. The van der Waals surface area contributed by atoms with Crippen LogP contribution in [0.5, 0.6) is 5.19 Å². The van der Waals surface area contributed by atoms with Crippen molar-refractivity contribution in [2.75, 3.05) is 0 Å². The fourth-order valence-electron chi connectivity index (χ4n) is 0.909. The smallest absolute Gasteiger partial charge is 0.381 e. The first kappa shape index (κ1) is 12.0. The van der Waals surface area contributed by atoms with E-state index >= 15 is 0 Å². The number of nitrogens with one attached hydrogen (secondary N) is 1. The first-order valence-corrected chi connectivity index (χ1v) is 5.73. The van der Waals surface area contributed by atoms with E-state index in [1.165, 1.54) is 11.3 Å². The minimum absolute atomic E-state index is 0.290. The van der Waals surface area contributed by atoms with Crippen LogP contribution < -0.4 is 10.1 Å². The van der Waals surface area contributed by atoms with Crippen molar-refractivity contribution < 1.29 is 9.53 Å². The van der Waals surface area contributed by atoms with Crippen molar-refractivity contribution in [3.63, 3.8) is 0 Å². The van der Waals surface area contributed by atoms with Crippen molar-refractivity contribution in [1.29, 1.82) is 0 Å². The van der Waals surface area contributed by atoms with Crippen molar-refractivity contribution in [1.82, 2.24) is 10.3 Å². The summed E-state index contributed by atoms with van der Waals surface area (Å²) >= 11 is 1.33. The van der Waals surface area contributed by atoms with Gasteiger partial charge in [-0.2, -0.15) is 0 Å². The van der Waals surface area contributed by atoms with Crippen LogP contribution in [0.3, 0.4) is 0 Å². The third-order valence-corrected chi connectivity index (χ3v) is 2.32. The van der Waals surface area contributed by atoms with E-state index in [0.717, 1.165) is 12.1 Å². The number of hydrogen-bond donors (Lipinski definition) is 1. The van der Waals surface area contributed by atoms with Gasteiger partial charge in [-0.15, -0.1) is 0 Å². The standard InChI is InChI=1S/C10H16N2O2S/c1-5-7-6-15-9(11-7)14-8(13)12-10(2,3)4/h6H,5H2,1-4H3,(H,12,13). The monoisotopic (exact) mass is 228 g/mol. The topological polar surface area (TPSA) is 51.2 Å². The van der Waals surface area contributed by atoms with Crippen LogP contribution in [0.15, 0.2) is 5.38 Å². The Bertz CT molecular complexity index is 341. The second-order valence-electron chi connectivity index (χ2n) is 4.22. The number of ether oxygens (including phenoxy) is 1. The number of rotatable bonds is 2. The average Bonchev–Trinajstić information content (AvgIpc) is 2.48. The molecule has 1 aromatic heterocycles. The van der Waals surface area contributed by atoms with Crippen LogP contribution in [0.25, 0.3) is 0 Å². The van der Waals surface area contributed by atoms with Crippen LogP contribution in [-0.4, -0.2) is 16.6 Å². The Balaban J connectivity index is 2.51. The summed E-state index contributed by atoms with van der Waals surface area (Å²) in [4.78, 5) is 15.5. The Hall–Kier alpha value is -1.10. The van der Waals surface area contributed by atoms with Gasteiger partial charge in [0.05, 0.1) is 5.69 Å². The number of hydrogen-bond acceptors (Lipinski definition) is 4. The first-order valence-electron chi connectivity index (χ1n) is 4.85. The maximum Gasteiger partial charge on any atom is 0.414 e. The first-order chi connectivity index (χ1) is 6.90. The molecule has 5 heteroatoms. The van der Waals surface area contributed by atoms with E-state index in [-0.39, 0.29) is 5.54 Å². The molecule has 0 unspecified atom stereocenters. The summed E-state index contributed by atoms with van der Waals surface area (Å²) in [6.45, 7) is 7.70. The maximum absolute atomic E-state index is 11.4. The molecule has 0 radical (unpaired) electrons. The molecule has 4 nitrogen and oxygen atoms in total. The molecule has 0 aliphatic carbocycles. The van der Waals surface area contributed by atoms with Gasteiger partial charge in [0, 0.05) is 10.9 Å². The highest BCUT2D eigenvalue weighted by Crippen LogP contribution is 2.18. The third-order valence-electron chi connectivity index (χ3n) is 1.55. The molecule has 84 valence electrons. The predicted molar refractivity (Wildman–Crippen MR) is 60.4 cm³/mol. The largest absolute Gasteiger partial charge is 0.414 e. The second-order valence-corrected chi connectivity index (χ2v) is 5.04. The van der Waals surface area contributed by atoms with E-state index in [9.17, 15) is 4.79 Å². The zero-order chi connectivity index (χ0) is 11.5. The van der Waals surface area contributed by atoms with Gasteiger partial charge in [-0.05, 0) is 27.2 Å². The molecule has 0 spiro atoms. The molecule has 1 amide bonds. The average molecular weight is 228 g/mol. The molecule has 1 heterocycles. The van der Waals surface area contributed by atoms with Crippen LogP contribution in [-0.2, 0) is 6.42 Å². The number of carbonyl (C=O) groups is 1. The summed E-state index contributed by atoms with van der Waals surface area (Å²) in [5.41, 5.74) is 0.653. The molecule has 1 rings (SSSR count). The van der Waals surface area contributed by atoms with E-state index < -0.39 is 6.09 Å². The third kappa shape index (κ3) is 4.29. The number of carbonyl (C=O) groups excluding carboxylic acids is 1. The minimum Gasteiger partial charge on any atom is -0.381 e. The number of nitrogens with zero attached hydrogens (tertiary/aromatic N) is 1. The normalized spacial score (nSPS) is 11.2. The fraction of sp³-hybridized carbons (Fsp3) is 0.600. The van der Waals surface area contributed by atoms with Crippen LogP contribution in [0.1, 0.15) is 33.4 Å². The Morgan fingerprint density at radius 2 is 2.27 bits per heavy atom. The molecule has 0 aliphatic heterocycles. The molecule has 0 aromatic carbocycles. The second kappa shape index (κ2) is 4.61. The Kier molecular flexibility index (Phi) is 3.68. The van der Waals surface area contributed by atoms with E-state index in [1.807, 2.05) is 33.1 Å². The van der Waals surface area contributed by atoms with Crippen molar-refractivity contribution in [2.24, 2.45) is 0 Å². The van der Waals surface area contributed by atoms with Gasteiger partial charge in [-0.25, -0.2) is 9.78 Å². The van der Waals surface area contributed by atoms with Crippen LogP contribution in [0.2, 0.25) is 0 Å². The molecule has 0 saturated heterocycles. The molecule has 15 heavy (non-hydrogen) atoms. The lowest BCUT2D eigenvalue weighted by molar-refractivity contribution is 0.190. The van der Waals surface area contributed by atoms with Crippen LogP contribution in [0.4, 0.5) is 4.79 Å². The maximum atomic E-state index is 11.4. The molecule has 0 fully saturated rings. The highest BCUT2D eigenvalue weighted by Gasteiger charge is 2.16. The van der Waals surface area contributed by atoms with E-state index in [1.54, 1.807) is 0 Å². The van der Waals surface area contributed by atoms with Gasteiger partial charge < -0.3 is 10.1 Å². The molecule has 1 N–H and O–H groups in total. The Morgan fingerprint density at radius 3 is 2.73 bits per heavy atom. The van der Waals surface area contributed by atoms with Crippen LogP contribution in [0, 0.1) is 0 Å². The van der Waals surface area contributed by atoms with Crippen molar-refractivity contribution in [3.05, 3.63) is 11.1 Å². The summed E-state index contributed by atoms with van der Waals surface area (Å²) in [5, 5.41) is 4.99. The molecular formula is C10H16N2O2S. The van der Waals surface area contributed by atoms with Crippen molar-refractivity contribution in [3.8, 4) is 5.19 Å². The van der Waals surface area contributed by atoms with Crippen molar-refractivity contribution in [2.45, 2.75) is 39.7 Å². The zero-order valence-corrected chi connectivity index (χ0v) is 10.3.